The minimum Gasteiger partial charge on any atom is -0.382 e. The van der Waals surface area contributed by atoms with Crippen LogP contribution in [0, 0.1) is 5.92 Å². The molecule has 0 aliphatic carbocycles. The molecule has 1 aromatic rings. The van der Waals surface area contributed by atoms with Crippen LogP contribution in [0.4, 0.5) is 5.82 Å². The largest absolute Gasteiger partial charge is 0.382 e. The number of hydrogen-bond donors (Lipinski definition) is 1. The molecule has 1 fully saturated rings. The third-order valence-corrected chi connectivity index (χ3v) is 2.90. The van der Waals surface area contributed by atoms with Crippen molar-refractivity contribution in [3.63, 3.8) is 0 Å². The topological polar surface area (TPSA) is 53.1 Å². The second-order valence-electron chi connectivity index (χ2n) is 4.56. The molecule has 1 aliphatic heterocycles. The van der Waals surface area contributed by atoms with Gasteiger partial charge in [-0.15, -0.1) is 0 Å². The first-order valence-electron chi connectivity index (χ1n) is 5.58. The number of nitrogens with two attached hydrogens (primary N) is 1. The first-order chi connectivity index (χ1) is 7.13. The molecule has 0 amide bonds. The Labute approximate surface area is 90.4 Å². The highest BCUT2D eigenvalue weighted by Gasteiger charge is 2.24. The van der Waals surface area contributed by atoms with E-state index < -0.39 is 0 Å². The molecular weight excluding hydrogens is 190 g/mol. The maximum absolute atomic E-state index is 5.70. The van der Waals surface area contributed by atoms with Crippen molar-refractivity contribution in [3.05, 3.63) is 12.3 Å². The lowest BCUT2D eigenvalue weighted by molar-refractivity contribution is -0.0553. The van der Waals surface area contributed by atoms with Crippen LogP contribution < -0.4 is 5.73 Å². The summed E-state index contributed by atoms with van der Waals surface area (Å²) in [7, 11) is 0. The van der Waals surface area contributed by atoms with Gasteiger partial charge in [-0.05, 0) is 38.7 Å². The van der Waals surface area contributed by atoms with Gasteiger partial charge in [-0.2, -0.15) is 5.10 Å². The molecule has 0 aromatic carbocycles. The third kappa shape index (κ3) is 2.72. The van der Waals surface area contributed by atoms with Crippen molar-refractivity contribution >= 4 is 5.82 Å². The van der Waals surface area contributed by atoms with Crippen LogP contribution in [0.3, 0.4) is 0 Å². The van der Waals surface area contributed by atoms with E-state index in [4.69, 9.17) is 10.5 Å². The highest BCUT2D eigenvalue weighted by Crippen LogP contribution is 2.25. The lowest BCUT2D eigenvalue weighted by Crippen LogP contribution is -2.31. The number of nitrogen functional groups attached to an aromatic ring is 1. The molecule has 2 rings (SSSR count). The molecule has 0 spiro atoms. The Morgan fingerprint density at radius 3 is 2.67 bits per heavy atom. The minimum absolute atomic E-state index is 0.367. The average molecular weight is 209 g/mol. The van der Waals surface area contributed by atoms with Gasteiger partial charge in [0.05, 0.1) is 12.2 Å². The van der Waals surface area contributed by atoms with E-state index >= 15 is 0 Å². The molecule has 3 atom stereocenters. The van der Waals surface area contributed by atoms with E-state index in [-0.39, 0.29) is 0 Å². The number of hydrogen-bond acceptors (Lipinski definition) is 3. The van der Waals surface area contributed by atoms with Crippen molar-refractivity contribution in [2.45, 2.75) is 45.4 Å². The lowest BCUT2D eigenvalue weighted by atomic mass is 9.93. The van der Waals surface area contributed by atoms with Gasteiger partial charge >= 0.3 is 0 Å². The average Bonchev–Trinajstić information content (AvgIpc) is 2.49. The first kappa shape index (κ1) is 10.5. The minimum atomic E-state index is 0.367. The van der Waals surface area contributed by atoms with Gasteiger partial charge in [-0.25, -0.2) is 0 Å². The molecule has 0 saturated carbocycles. The zero-order valence-electron chi connectivity index (χ0n) is 9.39. The SMILES string of the molecule is C[C@@H]1CC(Cn2ccc(N)n2)C[C@H](C)O1. The second kappa shape index (κ2) is 4.23. The van der Waals surface area contributed by atoms with Gasteiger partial charge in [0.2, 0.25) is 0 Å². The van der Waals surface area contributed by atoms with Crippen LogP contribution in [0.15, 0.2) is 12.3 Å². The fourth-order valence-corrected chi connectivity index (χ4v) is 2.44. The van der Waals surface area contributed by atoms with E-state index in [2.05, 4.69) is 18.9 Å². The predicted molar refractivity (Wildman–Crippen MR) is 59.4 cm³/mol. The number of aromatic nitrogens is 2. The summed E-state index contributed by atoms with van der Waals surface area (Å²) >= 11 is 0. The summed E-state index contributed by atoms with van der Waals surface area (Å²) in [5.74, 6) is 1.26. The second-order valence-corrected chi connectivity index (χ2v) is 4.56. The van der Waals surface area contributed by atoms with Crippen LogP contribution in [0.2, 0.25) is 0 Å². The molecule has 2 N–H and O–H groups in total. The van der Waals surface area contributed by atoms with Gasteiger partial charge in [-0.3, -0.25) is 4.68 Å². The summed E-state index contributed by atoms with van der Waals surface area (Å²) in [6.07, 6.45) is 4.91. The van der Waals surface area contributed by atoms with E-state index in [1.54, 1.807) is 0 Å². The van der Waals surface area contributed by atoms with Crippen LogP contribution in [0.5, 0.6) is 0 Å². The van der Waals surface area contributed by atoms with Crippen LogP contribution >= 0.6 is 0 Å². The van der Waals surface area contributed by atoms with Gasteiger partial charge in [0.25, 0.3) is 0 Å². The highest BCUT2D eigenvalue weighted by molar-refractivity contribution is 5.23. The first-order valence-corrected chi connectivity index (χ1v) is 5.58. The predicted octanol–water partition coefficient (Wildman–Crippen LogP) is 1.67. The molecule has 0 radical (unpaired) electrons. The van der Waals surface area contributed by atoms with Crippen molar-refractivity contribution in [3.8, 4) is 0 Å². The van der Waals surface area contributed by atoms with E-state index in [9.17, 15) is 0 Å². The van der Waals surface area contributed by atoms with E-state index in [1.165, 1.54) is 0 Å². The van der Waals surface area contributed by atoms with Gasteiger partial charge in [0.15, 0.2) is 0 Å². The van der Waals surface area contributed by atoms with Crippen molar-refractivity contribution in [2.24, 2.45) is 5.92 Å². The number of rotatable bonds is 2. The normalized spacial score (nSPS) is 31.7. The molecule has 2 heterocycles. The quantitative estimate of drug-likeness (QED) is 0.806. The molecule has 0 bridgehead atoms. The number of nitrogens with zero attached hydrogens (tertiary/aromatic N) is 2. The molecule has 4 nitrogen and oxygen atoms in total. The zero-order chi connectivity index (χ0) is 10.8. The van der Waals surface area contributed by atoms with Crippen molar-refractivity contribution < 1.29 is 4.74 Å². The number of ether oxygens (including phenoxy) is 1. The Hall–Kier alpha value is -1.03. The molecule has 1 aliphatic rings. The summed E-state index contributed by atoms with van der Waals surface area (Å²) < 4.78 is 7.64. The van der Waals surface area contributed by atoms with Crippen LogP contribution in [0.1, 0.15) is 26.7 Å². The van der Waals surface area contributed by atoms with Crippen molar-refractivity contribution in [2.75, 3.05) is 5.73 Å². The fraction of sp³-hybridized carbons (Fsp3) is 0.727. The number of anilines is 1. The van der Waals surface area contributed by atoms with Gasteiger partial charge in [-0.1, -0.05) is 0 Å². The molecule has 1 unspecified atom stereocenters. The van der Waals surface area contributed by atoms with Crippen LogP contribution in [-0.4, -0.2) is 22.0 Å². The Morgan fingerprint density at radius 1 is 1.47 bits per heavy atom. The van der Waals surface area contributed by atoms with Crippen LogP contribution in [-0.2, 0) is 11.3 Å². The Balaban J connectivity index is 1.94. The maximum atomic E-state index is 5.70. The Bertz CT molecular complexity index is 313. The monoisotopic (exact) mass is 209 g/mol. The maximum Gasteiger partial charge on any atom is 0.145 e. The van der Waals surface area contributed by atoms with Crippen LogP contribution in [0.25, 0.3) is 0 Å². The summed E-state index contributed by atoms with van der Waals surface area (Å²) in [6.45, 7) is 5.23. The fourth-order valence-electron chi connectivity index (χ4n) is 2.44. The Kier molecular flexibility index (Phi) is 2.95. The molecule has 84 valence electrons. The highest BCUT2D eigenvalue weighted by atomic mass is 16.5. The van der Waals surface area contributed by atoms with E-state index in [0.29, 0.717) is 23.9 Å². The Morgan fingerprint density at radius 2 is 2.13 bits per heavy atom. The molecule has 15 heavy (non-hydrogen) atoms. The summed E-state index contributed by atoms with van der Waals surface area (Å²) in [4.78, 5) is 0. The molecular formula is C11H19N3O. The zero-order valence-corrected chi connectivity index (χ0v) is 9.39. The molecule has 4 heteroatoms. The molecule has 1 aromatic heterocycles. The van der Waals surface area contributed by atoms with Crippen molar-refractivity contribution in [1.82, 2.24) is 9.78 Å². The van der Waals surface area contributed by atoms with Gasteiger partial charge < -0.3 is 10.5 Å². The smallest absolute Gasteiger partial charge is 0.145 e. The lowest BCUT2D eigenvalue weighted by Gasteiger charge is -2.31. The van der Waals surface area contributed by atoms with E-state index in [0.717, 1.165) is 19.4 Å². The van der Waals surface area contributed by atoms with Gasteiger partial charge in [0, 0.05) is 12.7 Å². The summed E-state index contributed by atoms with van der Waals surface area (Å²) in [5.41, 5.74) is 5.58. The summed E-state index contributed by atoms with van der Waals surface area (Å²) in [6, 6.07) is 1.84. The van der Waals surface area contributed by atoms with Crippen molar-refractivity contribution in [1.29, 1.82) is 0 Å². The summed E-state index contributed by atoms with van der Waals surface area (Å²) in [5, 5.41) is 4.21. The van der Waals surface area contributed by atoms with E-state index in [1.807, 2.05) is 16.9 Å². The third-order valence-electron chi connectivity index (χ3n) is 2.90. The standard InChI is InChI=1S/C11H19N3O/c1-8-5-10(6-9(2)15-8)7-14-4-3-11(12)13-14/h3-4,8-10H,5-7H2,1-2H3,(H2,12,13)/t8-,9+,10?. The van der Waals surface area contributed by atoms with Gasteiger partial charge in [0.1, 0.15) is 5.82 Å². The molecule has 1 saturated heterocycles.